The molecule has 3 rings (SSSR count). The molecule has 3 fully saturated rings. The molecule has 17 heavy (non-hydrogen) atoms. The molecule has 0 aliphatic heterocycles. The van der Waals surface area contributed by atoms with Crippen molar-refractivity contribution in [1.82, 2.24) is 0 Å². The summed E-state index contributed by atoms with van der Waals surface area (Å²) in [5.41, 5.74) is 5.03. The lowest BCUT2D eigenvalue weighted by atomic mass is 9.47. The number of hydrogen-bond acceptors (Lipinski definition) is 2. The Morgan fingerprint density at radius 3 is 2.71 bits per heavy atom. The minimum absolute atomic E-state index is 0.428. The van der Waals surface area contributed by atoms with Crippen LogP contribution in [0.25, 0.3) is 0 Å². The first-order chi connectivity index (χ1) is 8.11. The Hall–Kier alpha value is -0.570. The highest BCUT2D eigenvalue weighted by Gasteiger charge is 2.63. The SMILES string of the molecule is CN.C[C@@]12CC3CCCC1[C@H](CC(=O)O)[C@@H]2C3. The van der Waals surface area contributed by atoms with Gasteiger partial charge in [-0.05, 0) is 55.4 Å². The minimum atomic E-state index is -0.587. The zero-order valence-electron chi connectivity index (χ0n) is 11.0. The number of carboxylic acids is 1. The first kappa shape index (κ1) is 12.9. The van der Waals surface area contributed by atoms with E-state index in [-0.39, 0.29) is 0 Å². The van der Waals surface area contributed by atoms with Crippen LogP contribution in [0.3, 0.4) is 0 Å². The Kier molecular flexibility index (Phi) is 3.48. The topological polar surface area (TPSA) is 63.3 Å². The Bertz CT molecular complexity index is 305. The summed E-state index contributed by atoms with van der Waals surface area (Å²) in [5, 5.41) is 8.95. The van der Waals surface area contributed by atoms with E-state index in [0.29, 0.717) is 17.8 Å². The maximum absolute atomic E-state index is 10.9. The van der Waals surface area contributed by atoms with Gasteiger partial charge in [-0.3, -0.25) is 4.79 Å². The third-order valence-electron chi connectivity index (χ3n) is 5.58. The summed E-state index contributed by atoms with van der Waals surface area (Å²) in [6.07, 6.45) is 7.18. The minimum Gasteiger partial charge on any atom is -0.481 e. The van der Waals surface area contributed by atoms with Crippen LogP contribution in [-0.4, -0.2) is 18.1 Å². The molecule has 0 spiro atoms. The molecule has 3 nitrogen and oxygen atoms in total. The molecule has 98 valence electrons. The van der Waals surface area contributed by atoms with Gasteiger partial charge < -0.3 is 10.8 Å². The number of hydrogen-bond donors (Lipinski definition) is 2. The molecule has 3 saturated carbocycles. The highest BCUT2D eigenvalue weighted by molar-refractivity contribution is 5.67. The summed E-state index contributed by atoms with van der Waals surface area (Å²) in [7, 11) is 1.50. The number of carbonyl (C=O) groups is 1. The molecule has 0 aromatic heterocycles. The lowest BCUT2D eigenvalue weighted by Gasteiger charge is -2.57. The van der Waals surface area contributed by atoms with Crippen LogP contribution in [0.15, 0.2) is 0 Å². The Labute approximate surface area is 104 Å². The summed E-state index contributed by atoms with van der Waals surface area (Å²) >= 11 is 0. The van der Waals surface area contributed by atoms with E-state index >= 15 is 0 Å². The van der Waals surface area contributed by atoms with E-state index in [0.717, 1.165) is 17.8 Å². The second-order valence-electron chi connectivity index (χ2n) is 6.22. The Balaban J connectivity index is 0.000000514. The van der Waals surface area contributed by atoms with Gasteiger partial charge in [-0.2, -0.15) is 0 Å². The van der Waals surface area contributed by atoms with E-state index < -0.39 is 5.97 Å². The molecule has 0 amide bonds. The van der Waals surface area contributed by atoms with Gasteiger partial charge in [0, 0.05) is 6.42 Å². The third-order valence-corrected chi connectivity index (χ3v) is 5.58. The van der Waals surface area contributed by atoms with Crippen molar-refractivity contribution >= 4 is 5.97 Å². The van der Waals surface area contributed by atoms with E-state index in [4.69, 9.17) is 5.11 Å². The average molecular weight is 239 g/mol. The predicted octanol–water partition coefficient (Wildman–Crippen LogP) is 2.50. The van der Waals surface area contributed by atoms with Crippen molar-refractivity contribution in [3.05, 3.63) is 0 Å². The van der Waals surface area contributed by atoms with Gasteiger partial charge in [0.15, 0.2) is 0 Å². The van der Waals surface area contributed by atoms with E-state index in [1.165, 1.54) is 39.2 Å². The molecule has 3 heteroatoms. The summed E-state index contributed by atoms with van der Waals surface area (Å²) in [4.78, 5) is 10.9. The highest BCUT2D eigenvalue weighted by atomic mass is 16.4. The summed E-state index contributed by atoms with van der Waals surface area (Å²) < 4.78 is 0. The van der Waals surface area contributed by atoms with Crippen molar-refractivity contribution in [3.63, 3.8) is 0 Å². The largest absolute Gasteiger partial charge is 0.481 e. The maximum atomic E-state index is 10.9. The van der Waals surface area contributed by atoms with E-state index in [1.54, 1.807) is 0 Å². The van der Waals surface area contributed by atoms with Gasteiger partial charge in [-0.25, -0.2) is 0 Å². The van der Waals surface area contributed by atoms with Crippen LogP contribution in [0.5, 0.6) is 0 Å². The molecule has 0 aromatic rings. The molecule has 0 saturated heterocycles. The van der Waals surface area contributed by atoms with Crippen molar-refractivity contribution < 1.29 is 9.90 Å². The third kappa shape index (κ3) is 1.88. The number of nitrogens with two attached hydrogens (primary N) is 1. The first-order valence-electron chi connectivity index (χ1n) is 6.91. The summed E-state index contributed by atoms with van der Waals surface area (Å²) in [5.74, 6) is 2.31. The number of aliphatic carboxylic acids is 1. The number of fused-ring (bicyclic) bond motifs is 1. The molecular formula is C14H25NO2. The van der Waals surface area contributed by atoms with Gasteiger partial charge in [0.1, 0.15) is 0 Å². The first-order valence-corrected chi connectivity index (χ1v) is 6.91. The van der Waals surface area contributed by atoms with Crippen molar-refractivity contribution in [2.75, 3.05) is 7.05 Å². The highest BCUT2D eigenvalue weighted by Crippen LogP contribution is 2.70. The molecule has 0 aromatic carbocycles. The summed E-state index contributed by atoms with van der Waals surface area (Å²) in [6, 6.07) is 0. The van der Waals surface area contributed by atoms with Crippen molar-refractivity contribution in [2.45, 2.75) is 45.4 Å². The van der Waals surface area contributed by atoms with E-state index in [2.05, 4.69) is 12.7 Å². The molecule has 3 aliphatic rings. The van der Waals surface area contributed by atoms with Crippen molar-refractivity contribution in [1.29, 1.82) is 0 Å². The van der Waals surface area contributed by atoms with Gasteiger partial charge in [0.25, 0.3) is 0 Å². The van der Waals surface area contributed by atoms with Crippen molar-refractivity contribution in [2.24, 2.45) is 34.8 Å². The van der Waals surface area contributed by atoms with Crippen LogP contribution in [-0.2, 0) is 4.79 Å². The number of rotatable bonds is 2. The van der Waals surface area contributed by atoms with Crippen LogP contribution in [0.4, 0.5) is 0 Å². The number of carboxylic acid groups (broad SMARTS) is 1. The Morgan fingerprint density at radius 2 is 2.06 bits per heavy atom. The molecule has 2 unspecified atom stereocenters. The van der Waals surface area contributed by atoms with Gasteiger partial charge in [-0.1, -0.05) is 19.8 Å². The van der Waals surface area contributed by atoms with Crippen LogP contribution in [0.2, 0.25) is 0 Å². The monoisotopic (exact) mass is 239 g/mol. The molecule has 2 bridgehead atoms. The molecule has 0 heterocycles. The van der Waals surface area contributed by atoms with E-state index in [1.807, 2.05) is 0 Å². The quantitative estimate of drug-likeness (QED) is 0.778. The standard InChI is InChI=1S/C13H20O2.CH5N/c1-13-7-8-3-2-4-10(13)9(6-12(14)15)11(13)5-8;1-2/h8-11H,2-7H2,1H3,(H,14,15);2H2,1H3/t8?,9-,10?,11-,13+;/m0./s1. The van der Waals surface area contributed by atoms with Gasteiger partial charge >= 0.3 is 5.97 Å². The van der Waals surface area contributed by atoms with Gasteiger partial charge in [0.05, 0.1) is 0 Å². The van der Waals surface area contributed by atoms with Crippen molar-refractivity contribution in [3.8, 4) is 0 Å². The van der Waals surface area contributed by atoms with Crippen LogP contribution < -0.4 is 5.73 Å². The van der Waals surface area contributed by atoms with Gasteiger partial charge in [0.2, 0.25) is 0 Å². The molecular weight excluding hydrogens is 214 g/mol. The molecule has 0 radical (unpaired) electrons. The molecule has 3 aliphatic carbocycles. The average Bonchev–Trinajstić information content (AvgIpc) is 2.47. The second-order valence-corrected chi connectivity index (χ2v) is 6.22. The molecule has 3 N–H and O–H groups in total. The maximum Gasteiger partial charge on any atom is 0.303 e. The molecule has 5 atom stereocenters. The fraction of sp³-hybridized carbons (Fsp3) is 0.929. The predicted molar refractivity (Wildman–Crippen MR) is 67.5 cm³/mol. The lowest BCUT2D eigenvalue weighted by molar-refractivity contribution is -0.149. The second kappa shape index (κ2) is 4.60. The lowest BCUT2D eigenvalue weighted by Crippen LogP contribution is -2.52. The van der Waals surface area contributed by atoms with Crippen LogP contribution >= 0.6 is 0 Å². The van der Waals surface area contributed by atoms with Crippen LogP contribution in [0.1, 0.15) is 45.4 Å². The Morgan fingerprint density at radius 1 is 1.35 bits per heavy atom. The van der Waals surface area contributed by atoms with E-state index in [9.17, 15) is 4.79 Å². The smallest absolute Gasteiger partial charge is 0.303 e. The fourth-order valence-electron chi connectivity index (χ4n) is 5.10. The zero-order chi connectivity index (χ0) is 12.6. The fourth-order valence-corrected chi connectivity index (χ4v) is 5.10. The van der Waals surface area contributed by atoms with Crippen LogP contribution in [0, 0.1) is 29.1 Å². The van der Waals surface area contributed by atoms with Gasteiger partial charge in [-0.15, -0.1) is 0 Å². The normalized spacial score (nSPS) is 46.3. The summed E-state index contributed by atoms with van der Waals surface area (Å²) in [6.45, 7) is 2.42. The zero-order valence-corrected chi connectivity index (χ0v) is 11.0.